The molecule has 2 aromatic heterocycles. The maximum absolute atomic E-state index is 13.5. The molecule has 10 nitrogen and oxygen atoms in total. The summed E-state index contributed by atoms with van der Waals surface area (Å²) in [6.07, 6.45) is 7.38. The van der Waals surface area contributed by atoms with Crippen LogP contribution in [0.4, 0.5) is 11.4 Å². The van der Waals surface area contributed by atoms with Gasteiger partial charge < -0.3 is 28.4 Å². The van der Waals surface area contributed by atoms with Crippen LogP contribution < -0.4 is 19.3 Å². The number of aryl methyl sites for hydroxylation is 2. The number of imidazole rings is 2. The first kappa shape index (κ1) is 36.8. The molecule has 4 heterocycles. The van der Waals surface area contributed by atoms with Crippen molar-refractivity contribution in [2.45, 2.75) is 26.9 Å². The number of amides is 2. The molecule has 280 valence electrons. The average Bonchev–Trinajstić information content (AvgIpc) is 4.01. The van der Waals surface area contributed by atoms with E-state index in [1.165, 1.54) is 0 Å². The van der Waals surface area contributed by atoms with Crippen LogP contribution in [0.3, 0.4) is 0 Å². The summed E-state index contributed by atoms with van der Waals surface area (Å²) in [4.78, 5) is 38.4. The van der Waals surface area contributed by atoms with Gasteiger partial charge in [-0.05, 0) is 94.5 Å². The van der Waals surface area contributed by atoms with Gasteiger partial charge in [0.2, 0.25) is 0 Å². The molecule has 7 aromatic rings. The molecule has 5 aromatic carbocycles. The molecule has 0 spiro atoms. The van der Waals surface area contributed by atoms with Crippen LogP contribution in [-0.4, -0.2) is 45.1 Å². The van der Waals surface area contributed by atoms with Gasteiger partial charge in [0.25, 0.3) is 11.8 Å². The van der Waals surface area contributed by atoms with E-state index in [-0.39, 0.29) is 11.8 Å². The van der Waals surface area contributed by atoms with Gasteiger partial charge in [-0.25, -0.2) is 9.97 Å². The SMILES string of the molecule is COc1cc(N2Cc3cccc(-c4ccc(Cl)cc4)c3C2=O)ccc1-n1cnc(C)c1.COc1cc(N2Cc3cccc(Br)c3C2=O)ccc1-n1cnc(C)c1. The molecule has 0 aliphatic carbocycles. The molecule has 2 aliphatic heterocycles. The Morgan fingerprint density at radius 1 is 0.643 bits per heavy atom. The van der Waals surface area contributed by atoms with E-state index < -0.39 is 0 Å². The topological polar surface area (TPSA) is 94.7 Å². The van der Waals surface area contributed by atoms with Crippen LogP contribution in [0.15, 0.2) is 127 Å². The van der Waals surface area contributed by atoms with Crippen LogP contribution in [0.25, 0.3) is 22.5 Å². The van der Waals surface area contributed by atoms with E-state index >= 15 is 0 Å². The van der Waals surface area contributed by atoms with Crippen molar-refractivity contribution in [3.63, 3.8) is 0 Å². The first-order valence-electron chi connectivity index (χ1n) is 17.8. The molecule has 0 saturated heterocycles. The zero-order valence-corrected chi connectivity index (χ0v) is 33.4. The third-order valence-corrected chi connectivity index (χ3v) is 10.8. The lowest BCUT2D eigenvalue weighted by molar-refractivity contribution is 0.0988. The number of ether oxygens (including phenoxy) is 2. The van der Waals surface area contributed by atoms with Gasteiger partial charge in [0, 0.05) is 45.4 Å². The quantitative estimate of drug-likeness (QED) is 0.159. The van der Waals surface area contributed by atoms with Crippen LogP contribution in [0, 0.1) is 13.8 Å². The van der Waals surface area contributed by atoms with Crippen molar-refractivity contribution >= 4 is 50.7 Å². The number of rotatable bonds is 7. The Hall–Kier alpha value is -6.17. The third-order valence-electron chi connectivity index (χ3n) is 9.91. The molecule has 12 heteroatoms. The zero-order chi connectivity index (χ0) is 39.1. The highest BCUT2D eigenvalue weighted by Gasteiger charge is 2.32. The molecule has 0 radical (unpaired) electrons. The molecule has 2 aliphatic rings. The second-order valence-corrected chi connectivity index (χ2v) is 14.8. The lowest BCUT2D eigenvalue weighted by Gasteiger charge is -2.18. The second-order valence-electron chi connectivity index (χ2n) is 13.5. The van der Waals surface area contributed by atoms with Crippen LogP contribution >= 0.6 is 27.5 Å². The number of carbonyl (C=O) groups excluding carboxylic acids is 2. The Balaban J connectivity index is 0.000000161. The number of aromatic nitrogens is 4. The lowest BCUT2D eigenvalue weighted by Crippen LogP contribution is -2.23. The normalized spacial score (nSPS) is 13.0. The van der Waals surface area contributed by atoms with Crippen molar-refractivity contribution in [1.82, 2.24) is 19.1 Å². The molecule has 0 fully saturated rings. The van der Waals surface area contributed by atoms with Crippen molar-refractivity contribution in [3.8, 4) is 34.0 Å². The highest BCUT2D eigenvalue weighted by molar-refractivity contribution is 9.10. The molecular formula is C44H36BrClN6O4. The number of fused-ring (bicyclic) bond motifs is 2. The minimum absolute atomic E-state index is 0.00393. The van der Waals surface area contributed by atoms with E-state index in [0.29, 0.717) is 29.6 Å². The van der Waals surface area contributed by atoms with Gasteiger partial charge in [-0.15, -0.1) is 0 Å². The predicted octanol–water partition coefficient (Wildman–Crippen LogP) is 9.78. The molecule has 0 saturated carbocycles. The fraction of sp³-hybridized carbons (Fsp3) is 0.136. The number of hydrogen-bond acceptors (Lipinski definition) is 6. The van der Waals surface area contributed by atoms with Gasteiger partial charge in [-0.2, -0.15) is 0 Å². The standard InChI is InChI=1S/C25H20ClN3O2.C19H16BrN3O2/c1-16-13-28(15-27-16)22-11-10-20(12-23(22)31-2)29-14-18-4-3-5-21(24(18)25(29)30)17-6-8-19(26)9-7-17;1-12-9-22(11-21-12)16-7-6-14(8-17(16)25-2)23-10-13-4-3-5-15(20)18(13)19(23)24/h3-13,15H,14H2,1-2H3;3-9,11H,10H2,1-2H3. The minimum Gasteiger partial charge on any atom is -0.494 e. The van der Waals surface area contributed by atoms with Gasteiger partial charge in [0.05, 0.1) is 73.9 Å². The van der Waals surface area contributed by atoms with Crippen molar-refractivity contribution in [2.24, 2.45) is 0 Å². The van der Waals surface area contributed by atoms with Crippen LogP contribution in [0.2, 0.25) is 5.02 Å². The fourth-order valence-electron chi connectivity index (χ4n) is 7.17. The van der Waals surface area contributed by atoms with E-state index in [9.17, 15) is 9.59 Å². The van der Waals surface area contributed by atoms with Crippen molar-refractivity contribution in [1.29, 1.82) is 0 Å². The highest BCUT2D eigenvalue weighted by atomic mass is 79.9. The maximum Gasteiger partial charge on any atom is 0.260 e. The Bertz CT molecular complexity index is 2640. The predicted molar refractivity (Wildman–Crippen MR) is 222 cm³/mol. The van der Waals surface area contributed by atoms with Crippen molar-refractivity contribution < 1.29 is 19.1 Å². The van der Waals surface area contributed by atoms with Gasteiger partial charge in [-0.3, -0.25) is 9.59 Å². The van der Waals surface area contributed by atoms with E-state index in [0.717, 1.165) is 72.0 Å². The summed E-state index contributed by atoms with van der Waals surface area (Å²) in [6, 6.07) is 30.9. The Morgan fingerprint density at radius 2 is 1.14 bits per heavy atom. The Kier molecular flexibility index (Phi) is 9.96. The molecule has 9 rings (SSSR count). The number of methoxy groups -OCH3 is 2. The number of halogens is 2. The third kappa shape index (κ3) is 6.84. The number of carbonyl (C=O) groups is 2. The molecule has 0 N–H and O–H groups in total. The van der Waals surface area contributed by atoms with Crippen LogP contribution in [0.1, 0.15) is 43.2 Å². The summed E-state index contributed by atoms with van der Waals surface area (Å²) in [6.45, 7) is 4.95. The first-order chi connectivity index (χ1) is 27.1. The molecular weight excluding hydrogens is 792 g/mol. The molecule has 0 atom stereocenters. The van der Waals surface area contributed by atoms with Crippen LogP contribution in [0.5, 0.6) is 11.5 Å². The van der Waals surface area contributed by atoms with Crippen molar-refractivity contribution in [2.75, 3.05) is 24.0 Å². The Morgan fingerprint density at radius 3 is 1.62 bits per heavy atom. The fourth-order valence-corrected chi connectivity index (χ4v) is 7.87. The van der Waals surface area contributed by atoms with Gasteiger partial charge >= 0.3 is 0 Å². The molecule has 0 unspecified atom stereocenters. The number of benzene rings is 5. The van der Waals surface area contributed by atoms with Gasteiger partial charge in [-0.1, -0.05) is 54.1 Å². The van der Waals surface area contributed by atoms with Crippen LogP contribution in [-0.2, 0) is 13.1 Å². The summed E-state index contributed by atoms with van der Waals surface area (Å²) in [7, 11) is 3.26. The number of anilines is 2. The van der Waals surface area contributed by atoms with E-state index in [1.807, 2.05) is 132 Å². The number of nitrogens with zero attached hydrogens (tertiary/aromatic N) is 6. The smallest absolute Gasteiger partial charge is 0.260 e. The van der Waals surface area contributed by atoms with E-state index in [1.54, 1.807) is 36.7 Å². The monoisotopic (exact) mass is 826 g/mol. The van der Waals surface area contributed by atoms with E-state index in [2.05, 4.69) is 25.9 Å². The summed E-state index contributed by atoms with van der Waals surface area (Å²) in [5.74, 6) is 1.35. The van der Waals surface area contributed by atoms with Crippen molar-refractivity contribution in [3.05, 3.63) is 165 Å². The zero-order valence-electron chi connectivity index (χ0n) is 31.0. The van der Waals surface area contributed by atoms with Gasteiger partial charge in [0.15, 0.2) is 0 Å². The largest absolute Gasteiger partial charge is 0.494 e. The number of hydrogen-bond donors (Lipinski definition) is 0. The highest BCUT2D eigenvalue weighted by Crippen LogP contribution is 2.39. The molecule has 2 amide bonds. The molecule has 56 heavy (non-hydrogen) atoms. The summed E-state index contributed by atoms with van der Waals surface area (Å²) >= 11 is 9.52. The van der Waals surface area contributed by atoms with Gasteiger partial charge in [0.1, 0.15) is 11.5 Å². The minimum atomic E-state index is -0.0196. The summed E-state index contributed by atoms with van der Waals surface area (Å²) < 4.78 is 15.8. The second kappa shape index (κ2) is 15.2. The first-order valence-corrected chi connectivity index (χ1v) is 19.0. The summed E-state index contributed by atoms with van der Waals surface area (Å²) in [5.41, 5.74) is 10.6. The summed E-state index contributed by atoms with van der Waals surface area (Å²) in [5, 5.41) is 0.671. The Labute approximate surface area is 337 Å². The lowest BCUT2D eigenvalue weighted by atomic mass is 9.97. The molecule has 0 bridgehead atoms. The van der Waals surface area contributed by atoms with E-state index in [4.69, 9.17) is 21.1 Å². The average molecular weight is 828 g/mol. The maximum atomic E-state index is 13.5.